The number of epoxide rings is 1. The summed E-state index contributed by atoms with van der Waals surface area (Å²) in [6, 6.07) is 0. The predicted octanol–water partition coefficient (Wildman–Crippen LogP) is 2.95. The Hall–Kier alpha value is -1.15. The molecule has 9 aliphatic rings. The number of aliphatic hydroxyl groups excluding tert-OH is 4. The van der Waals surface area contributed by atoms with E-state index < -0.39 is 42.3 Å². The zero-order valence-corrected chi connectivity index (χ0v) is 29.3. The zero-order valence-electron chi connectivity index (χ0n) is 29.3. The third kappa shape index (κ3) is 3.69. The molecule has 18 atom stereocenters. The van der Waals surface area contributed by atoms with Crippen LogP contribution in [0, 0.1) is 44.8 Å². The van der Waals surface area contributed by atoms with E-state index in [2.05, 4.69) is 40.7 Å². The number of fused-ring (bicyclic) bond motifs is 6. The van der Waals surface area contributed by atoms with Crippen LogP contribution in [-0.2, 0) is 33.2 Å². The maximum absolute atomic E-state index is 12.9. The second kappa shape index (κ2) is 9.63. The van der Waals surface area contributed by atoms with Gasteiger partial charge in [0.1, 0.15) is 36.1 Å². The summed E-state index contributed by atoms with van der Waals surface area (Å²) in [4.78, 5) is 12.9. The van der Waals surface area contributed by atoms with Crippen LogP contribution in [0.3, 0.4) is 0 Å². The summed E-state index contributed by atoms with van der Waals surface area (Å²) in [5, 5.41) is 41.7. The van der Waals surface area contributed by atoms with E-state index in [1.54, 1.807) is 0 Å². The van der Waals surface area contributed by atoms with Crippen molar-refractivity contribution in [2.45, 2.75) is 160 Å². The van der Waals surface area contributed by atoms with Gasteiger partial charge in [-0.15, -0.1) is 0 Å². The van der Waals surface area contributed by atoms with E-state index in [0.717, 1.165) is 38.5 Å². The van der Waals surface area contributed by atoms with Gasteiger partial charge in [-0.2, -0.15) is 0 Å². The fraction of sp³-hybridized carbons (Fsp3) is 0.919. The van der Waals surface area contributed by atoms with Crippen LogP contribution in [0.4, 0.5) is 0 Å². The molecule has 8 fully saturated rings. The molecule has 4 heterocycles. The van der Waals surface area contributed by atoms with Gasteiger partial charge in [0.05, 0.1) is 18.8 Å². The van der Waals surface area contributed by atoms with E-state index >= 15 is 0 Å². The first-order valence-corrected chi connectivity index (χ1v) is 18.3. The number of carbonyl (C=O) groups excluding carboxylic acids is 1. The maximum atomic E-state index is 12.9. The molecule has 4 N–H and O–H groups in total. The summed E-state index contributed by atoms with van der Waals surface area (Å²) in [6.45, 7) is 14.9. The summed E-state index contributed by atoms with van der Waals surface area (Å²) < 4.78 is 37.8. The second-order valence-corrected chi connectivity index (χ2v) is 18.5. The van der Waals surface area contributed by atoms with Gasteiger partial charge in [0.2, 0.25) is 5.79 Å². The van der Waals surface area contributed by atoms with Crippen molar-refractivity contribution in [3.63, 3.8) is 0 Å². The normalized spacial score (nSPS) is 61.6. The highest BCUT2D eigenvalue weighted by Gasteiger charge is 2.85. The van der Waals surface area contributed by atoms with Crippen molar-refractivity contribution in [2.75, 3.05) is 6.61 Å². The van der Waals surface area contributed by atoms with E-state index in [-0.39, 0.29) is 75.9 Å². The molecule has 9 rings (SSSR count). The highest BCUT2D eigenvalue weighted by Crippen LogP contribution is 2.88. The van der Waals surface area contributed by atoms with Crippen LogP contribution >= 0.6 is 0 Å². The molecule has 4 saturated carbocycles. The highest BCUT2D eigenvalue weighted by atomic mass is 16.8. The van der Waals surface area contributed by atoms with E-state index in [0.29, 0.717) is 12.3 Å². The van der Waals surface area contributed by atoms with Gasteiger partial charge in [0, 0.05) is 29.6 Å². The number of carbonyl (C=O) groups is 1. The van der Waals surface area contributed by atoms with Crippen molar-refractivity contribution >= 4 is 5.97 Å². The molecule has 3 spiro atoms. The van der Waals surface area contributed by atoms with Crippen molar-refractivity contribution in [3.8, 4) is 0 Å². The molecule has 4 saturated heterocycles. The molecule has 11 nitrogen and oxygen atoms in total. The summed E-state index contributed by atoms with van der Waals surface area (Å²) in [7, 11) is 0. The van der Waals surface area contributed by atoms with Crippen molar-refractivity contribution in [1.82, 2.24) is 0 Å². The molecule has 4 aliphatic heterocycles. The fourth-order valence-corrected chi connectivity index (χ4v) is 13.8. The largest absolute Gasteiger partial charge is 0.462 e. The zero-order chi connectivity index (χ0) is 34.2. The molecule has 0 aromatic carbocycles. The topological polar surface area (TPSA) is 157 Å². The molecule has 268 valence electrons. The van der Waals surface area contributed by atoms with Gasteiger partial charge >= 0.3 is 5.97 Å². The van der Waals surface area contributed by atoms with Crippen molar-refractivity contribution in [3.05, 3.63) is 11.6 Å². The summed E-state index contributed by atoms with van der Waals surface area (Å²) in [5.74, 6) is -0.600. The molecule has 48 heavy (non-hydrogen) atoms. The molecule has 5 unspecified atom stereocenters. The first-order valence-electron chi connectivity index (χ1n) is 18.3. The van der Waals surface area contributed by atoms with Crippen molar-refractivity contribution < 1.29 is 53.6 Å². The minimum Gasteiger partial charge on any atom is -0.462 e. The van der Waals surface area contributed by atoms with Crippen LogP contribution in [0.2, 0.25) is 0 Å². The first-order chi connectivity index (χ1) is 22.4. The number of ether oxygens (including phenoxy) is 6. The lowest BCUT2D eigenvalue weighted by Crippen LogP contribution is -2.61. The third-order valence-corrected chi connectivity index (χ3v) is 16.1. The Morgan fingerprint density at radius 2 is 1.71 bits per heavy atom. The number of hydrogen-bond acceptors (Lipinski definition) is 11. The Morgan fingerprint density at radius 3 is 2.38 bits per heavy atom. The summed E-state index contributed by atoms with van der Waals surface area (Å²) in [5.41, 5.74) is -0.191. The second-order valence-electron chi connectivity index (χ2n) is 18.5. The Balaban J connectivity index is 1.06. The SMILES string of the molecule is CC(=O)O[C@@H]1C[C@@]23C[C@@]24CC[C@H](O[C@@H]2OC[C@H](O)[C@H](O)C2O)C(C)(C)[C@@H]4CC=C3[C@]2(C)C[C@@H]3OC4(C[C@@H](C)[C@@H]3[C@@]12C)OC(O)C1(C)OC41. The van der Waals surface area contributed by atoms with Gasteiger partial charge in [-0.05, 0) is 74.0 Å². The number of rotatable bonds is 3. The van der Waals surface area contributed by atoms with Crippen LogP contribution in [0.1, 0.15) is 93.4 Å². The minimum absolute atomic E-state index is 0.0364. The summed E-state index contributed by atoms with van der Waals surface area (Å²) in [6.07, 6.45) is 1.68. The maximum Gasteiger partial charge on any atom is 0.302 e. The summed E-state index contributed by atoms with van der Waals surface area (Å²) >= 11 is 0. The highest BCUT2D eigenvalue weighted by molar-refractivity contribution is 5.66. The molecule has 0 aromatic heterocycles. The van der Waals surface area contributed by atoms with Crippen LogP contribution in [0.25, 0.3) is 0 Å². The average Bonchev–Trinajstić information content (AvgIpc) is 3.84. The van der Waals surface area contributed by atoms with Gasteiger partial charge in [0.15, 0.2) is 12.6 Å². The van der Waals surface area contributed by atoms with Crippen LogP contribution < -0.4 is 0 Å². The number of esters is 1. The van der Waals surface area contributed by atoms with E-state index in [1.807, 2.05) is 6.92 Å². The lowest BCUT2D eigenvalue weighted by Gasteiger charge is -2.62. The molecule has 0 aromatic rings. The number of allylic oxidation sites excluding steroid dienone is 2. The number of aliphatic hydroxyl groups is 4. The van der Waals surface area contributed by atoms with E-state index in [9.17, 15) is 25.2 Å². The van der Waals surface area contributed by atoms with Gasteiger partial charge in [0.25, 0.3) is 0 Å². The van der Waals surface area contributed by atoms with E-state index in [1.165, 1.54) is 12.5 Å². The standard InChI is InChI=1S/C37H54O11/c1-17-12-37(29-34(7,47-29)30(42)48-37)46-20-13-32(5)22-9-8-21-31(3,4)23(45-28-27(41)26(40)19(39)15-43-28)10-11-35(21)16-36(22,35)14-24(44-18(2)38)33(32,6)25(17)20/h9,17,19-21,23-30,39-42H,8,10-16H2,1-7H3/t17-,19+,20+,21+,23+,24-,25+,26+,27?,28+,29?,30?,32+,33-,34?,35-,36+,37?/m1/s1. The minimum atomic E-state index is -1.32. The average molecular weight is 675 g/mol. The van der Waals surface area contributed by atoms with Crippen LogP contribution in [0.5, 0.6) is 0 Å². The molecule has 5 aliphatic carbocycles. The quantitative estimate of drug-likeness (QED) is 0.198. The lowest BCUT2D eigenvalue weighted by atomic mass is 9.44. The van der Waals surface area contributed by atoms with Crippen LogP contribution in [0.15, 0.2) is 11.6 Å². The molecule has 11 heteroatoms. The molecule has 0 radical (unpaired) electrons. The Bertz CT molecular complexity index is 1450. The third-order valence-electron chi connectivity index (χ3n) is 16.1. The monoisotopic (exact) mass is 674 g/mol. The fourth-order valence-electron chi connectivity index (χ4n) is 13.8. The lowest BCUT2D eigenvalue weighted by molar-refractivity contribution is -0.345. The van der Waals surface area contributed by atoms with Crippen LogP contribution in [-0.4, -0.2) is 99.7 Å². The molecular formula is C37H54O11. The predicted molar refractivity (Wildman–Crippen MR) is 168 cm³/mol. The van der Waals surface area contributed by atoms with Crippen molar-refractivity contribution in [2.24, 2.45) is 44.8 Å². The first kappa shape index (κ1) is 32.7. The molecule has 0 bridgehead atoms. The Kier molecular flexibility index (Phi) is 6.57. The Morgan fingerprint density at radius 1 is 0.958 bits per heavy atom. The Labute approximate surface area is 282 Å². The van der Waals surface area contributed by atoms with Gasteiger partial charge in [-0.1, -0.05) is 46.3 Å². The van der Waals surface area contributed by atoms with Gasteiger partial charge in [-0.3, -0.25) is 4.79 Å². The molecule has 0 amide bonds. The molecular weight excluding hydrogens is 620 g/mol. The number of hydrogen-bond donors (Lipinski definition) is 4. The smallest absolute Gasteiger partial charge is 0.302 e. The van der Waals surface area contributed by atoms with E-state index in [4.69, 9.17) is 28.4 Å². The van der Waals surface area contributed by atoms with Crippen molar-refractivity contribution in [1.29, 1.82) is 0 Å². The van der Waals surface area contributed by atoms with Gasteiger partial charge < -0.3 is 48.8 Å². The van der Waals surface area contributed by atoms with Gasteiger partial charge in [-0.25, -0.2) is 0 Å².